The minimum atomic E-state index is 0.194. The van der Waals surface area contributed by atoms with E-state index in [9.17, 15) is 0 Å². The molecule has 0 aromatic heterocycles. The van der Waals surface area contributed by atoms with Crippen molar-refractivity contribution in [2.75, 3.05) is 13.1 Å². The molecule has 19 heavy (non-hydrogen) atoms. The van der Waals surface area contributed by atoms with E-state index in [1.165, 1.54) is 5.56 Å². The molecule has 1 N–H and O–H groups in total. The van der Waals surface area contributed by atoms with E-state index in [4.69, 9.17) is 4.74 Å². The summed E-state index contributed by atoms with van der Waals surface area (Å²) in [6, 6.07) is 8.45. The molecule has 0 heterocycles. The van der Waals surface area contributed by atoms with Crippen molar-refractivity contribution >= 4 is 0 Å². The normalized spacial score (nSPS) is 13.6. The van der Waals surface area contributed by atoms with E-state index in [0.717, 1.165) is 18.8 Å². The zero-order valence-electron chi connectivity index (χ0n) is 13.3. The number of nitrogens with one attached hydrogen (secondary N) is 1. The van der Waals surface area contributed by atoms with Gasteiger partial charge in [0.2, 0.25) is 0 Å². The van der Waals surface area contributed by atoms with E-state index >= 15 is 0 Å². The van der Waals surface area contributed by atoms with Crippen molar-refractivity contribution in [3.8, 4) is 5.75 Å². The number of hydrogen-bond acceptors (Lipinski definition) is 2. The standard InChI is InChI=1S/C17H29NO/c1-13(2)11-18-12-14(3)19-16-9-7-15(8-10-16)17(4,5)6/h7-10,13-14,18H,11-12H2,1-6H3. The van der Waals surface area contributed by atoms with Crippen molar-refractivity contribution in [1.82, 2.24) is 5.32 Å². The topological polar surface area (TPSA) is 21.3 Å². The molecule has 0 aliphatic heterocycles. The van der Waals surface area contributed by atoms with Gasteiger partial charge in [-0.2, -0.15) is 0 Å². The first-order valence-corrected chi connectivity index (χ1v) is 7.27. The van der Waals surface area contributed by atoms with Gasteiger partial charge < -0.3 is 10.1 Å². The predicted octanol–water partition coefficient (Wildman–Crippen LogP) is 4.00. The molecule has 2 nitrogen and oxygen atoms in total. The molecule has 1 aromatic carbocycles. The molecule has 0 saturated carbocycles. The Labute approximate surface area is 118 Å². The minimum absolute atomic E-state index is 0.194. The highest BCUT2D eigenvalue weighted by Crippen LogP contribution is 2.24. The average molecular weight is 263 g/mol. The van der Waals surface area contributed by atoms with Gasteiger partial charge in [-0.3, -0.25) is 0 Å². The van der Waals surface area contributed by atoms with Crippen LogP contribution in [0.1, 0.15) is 47.1 Å². The highest BCUT2D eigenvalue weighted by molar-refractivity contribution is 5.31. The smallest absolute Gasteiger partial charge is 0.119 e. The van der Waals surface area contributed by atoms with Gasteiger partial charge in [0.1, 0.15) is 11.9 Å². The quantitative estimate of drug-likeness (QED) is 0.837. The molecule has 0 saturated heterocycles. The molecule has 0 spiro atoms. The Balaban J connectivity index is 2.44. The maximum Gasteiger partial charge on any atom is 0.119 e. The van der Waals surface area contributed by atoms with Crippen molar-refractivity contribution in [2.24, 2.45) is 5.92 Å². The zero-order valence-corrected chi connectivity index (χ0v) is 13.3. The Morgan fingerprint density at radius 1 is 1.00 bits per heavy atom. The highest BCUT2D eigenvalue weighted by atomic mass is 16.5. The van der Waals surface area contributed by atoms with Crippen LogP contribution in [0.3, 0.4) is 0 Å². The summed E-state index contributed by atoms with van der Waals surface area (Å²) in [5.74, 6) is 1.63. The molecule has 0 fully saturated rings. The summed E-state index contributed by atoms with van der Waals surface area (Å²) in [6.07, 6.45) is 0.194. The fraction of sp³-hybridized carbons (Fsp3) is 0.647. The third kappa shape index (κ3) is 6.11. The first-order chi connectivity index (χ1) is 8.79. The number of ether oxygens (including phenoxy) is 1. The molecular formula is C17H29NO. The molecule has 1 unspecified atom stereocenters. The molecule has 0 aliphatic carbocycles. The first-order valence-electron chi connectivity index (χ1n) is 7.27. The lowest BCUT2D eigenvalue weighted by Gasteiger charge is -2.20. The van der Waals surface area contributed by atoms with E-state index < -0.39 is 0 Å². The largest absolute Gasteiger partial charge is 0.489 e. The average Bonchev–Trinajstić information content (AvgIpc) is 2.27. The molecular weight excluding hydrogens is 234 g/mol. The molecule has 0 amide bonds. The van der Waals surface area contributed by atoms with Crippen molar-refractivity contribution in [2.45, 2.75) is 53.1 Å². The van der Waals surface area contributed by atoms with E-state index in [-0.39, 0.29) is 11.5 Å². The number of benzene rings is 1. The van der Waals surface area contributed by atoms with Gasteiger partial charge in [-0.25, -0.2) is 0 Å². The van der Waals surface area contributed by atoms with Crippen LogP contribution in [-0.2, 0) is 5.41 Å². The monoisotopic (exact) mass is 263 g/mol. The lowest BCUT2D eigenvalue weighted by molar-refractivity contribution is 0.215. The molecule has 1 atom stereocenters. The second-order valence-electron chi connectivity index (χ2n) is 6.75. The van der Waals surface area contributed by atoms with Crippen LogP contribution in [0.25, 0.3) is 0 Å². The lowest BCUT2D eigenvalue weighted by Crippen LogP contribution is -2.31. The summed E-state index contributed by atoms with van der Waals surface area (Å²) in [5.41, 5.74) is 1.54. The second kappa shape index (κ2) is 6.95. The SMILES string of the molecule is CC(C)CNCC(C)Oc1ccc(C(C)(C)C)cc1. The molecule has 108 valence electrons. The zero-order chi connectivity index (χ0) is 14.5. The predicted molar refractivity (Wildman–Crippen MR) is 82.9 cm³/mol. The molecule has 0 aliphatic rings. The van der Waals surface area contributed by atoms with Crippen LogP contribution in [0.2, 0.25) is 0 Å². The Morgan fingerprint density at radius 2 is 1.58 bits per heavy atom. The summed E-state index contributed by atoms with van der Waals surface area (Å²) in [5, 5.41) is 3.42. The summed E-state index contributed by atoms with van der Waals surface area (Å²) < 4.78 is 5.90. The van der Waals surface area contributed by atoms with Crippen LogP contribution in [-0.4, -0.2) is 19.2 Å². The highest BCUT2D eigenvalue weighted by Gasteiger charge is 2.13. The lowest BCUT2D eigenvalue weighted by atomic mass is 9.87. The van der Waals surface area contributed by atoms with Gasteiger partial charge in [-0.05, 0) is 42.5 Å². The Bertz CT molecular complexity index is 362. The third-order valence-corrected chi connectivity index (χ3v) is 3.04. The van der Waals surface area contributed by atoms with E-state index in [1.807, 2.05) is 0 Å². The van der Waals surface area contributed by atoms with Crippen LogP contribution in [0.4, 0.5) is 0 Å². The van der Waals surface area contributed by atoms with E-state index in [0.29, 0.717) is 5.92 Å². The Morgan fingerprint density at radius 3 is 2.05 bits per heavy atom. The van der Waals surface area contributed by atoms with Gasteiger partial charge in [0.05, 0.1) is 0 Å². The van der Waals surface area contributed by atoms with Crippen molar-refractivity contribution in [3.05, 3.63) is 29.8 Å². The summed E-state index contributed by atoms with van der Waals surface area (Å²) in [7, 11) is 0. The van der Waals surface area contributed by atoms with E-state index in [1.54, 1.807) is 0 Å². The van der Waals surface area contributed by atoms with Crippen molar-refractivity contribution in [3.63, 3.8) is 0 Å². The van der Waals surface area contributed by atoms with Crippen molar-refractivity contribution in [1.29, 1.82) is 0 Å². The molecule has 2 heteroatoms. The second-order valence-corrected chi connectivity index (χ2v) is 6.75. The van der Waals surface area contributed by atoms with Crippen molar-refractivity contribution < 1.29 is 4.74 Å². The molecule has 0 radical (unpaired) electrons. The fourth-order valence-corrected chi connectivity index (χ4v) is 1.88. The summed E-state index contributed by atoms with van der Waals surface area (Å²) >= 11 is 0. The molecule has 0 bridgehead atoms. The Hall–Kier alpha value is -1.02. The first kappa shape index (κ1) is 16.0. The minimum Gasteiger partial charge on any atom is -0.489 e. The van der Waals surface area contributed by atoms with E-state index in [2.05, 4.69) is 71.1 Å². The third-order valence-electron chi connectivity index (χ3n) is 3.04. The van der Waals surface area contributed by atoms with Gasteiger partial charge in [0, 0.05) is 6.54 Å². The van der Waals surface area contributed by atoms with Gasteiger partial charge in [0.25, 0.3) is 0 Å². The summed E-state index contributed by atoms with van der Waals surface area (Å²) in [6.45, 7) is 15.1. The van der Waals surface area contributed by atoms with Gasteiger partial charge >= 0.3 is 0 Å². The van der Waals surface area contributed by atoms with Crippen LogP contribution < -0.4 is 10.1 Å². The molecule has 1 aromatic rings. The number of rotatable bonds is 6. The number of hydrogen-bond donors (Lipinski definition) is 1. The maximum absolute atomic E-state index is 5.90. The van der Waals surface area contributed by atoms with Crippen LogP contribution in [0, 0.1) is 5.92 Å². The van der Waals surface area contributed by atoms with Gasteiger partial charge in [0.15, 0.2) is 0 Å². The summed E-state index contributed by atoms with van der Waals surface area (Å²) in [4.78, 5) is 0. The van der Waals surface area contributed by atoms with Crippen LogP contribution in [0.5, 0.6) is 5.75 Å². The van der Waals surface area contributed by atoms with Gasteiger partial charge in [-0.1, -0.05) is 46.8 Å². The fourth-order valence-electron chi connectivity index (χ4n) is 1.88. The van der Waals surface area contributed by atoms with Crippen LogP contribution in [0.15, 0.2) is 24.3 Å². The van der Waals surface area contributed by atoms with Crippen LogP contribution >= 0.6 is 0 Å². The molecule has 1 rings (SSSR count). The Kier molecular flexibility index (Phi) is 5.86. The maximum atomic E-state index is 5.90. The van der Waals surface area contributed by atoms with Gasteiger partial charge in [-0.15, -0.1) is 0 Å².